The summed E-state index contributed by atoms with van der Waals surface area (Å²) in [4.78, 5) is 2.72. The van der Waals surface area contributed by atoms with Gasteiger partial charge in [0, 0.05) is 18.6 Å². The van der Waals surface area contributed by atoms with E-state index in [0.29, 0.717) is 6.04 Å². The van der Waals surface area contributed by atoms with Crippen LogP contribution in [0.5, 0.6) is 0 Å². The minimum atomic E-state index is 0.709. The fourth-order valence-corrected chi connectivity index (χ4v) is 2.99. The predicted octanol–water partition coefficient (Wildman–Crippen LogP) is 3.67. The first-order valence-corrected chi connectivity index (χ1v) is 8.11. The highest BCUT2D eigenvalue weighted by Gasteiger charge is 2.22. The topological polar surface area (TPSA) is 15.3 Å². The molecular formula is C16H34N2. The third-order valence-corrected chi connectivity index (χ3v) is 4.13. The molecule has 0 saturated carbocycles. The number of nitrogens with one attached hydrogen (secondary N) is 1. The van der Waals surface area contributed by atoms with Gasteiger partial charge in [0.15, 0.2) is 0 Å². The van der Waals surface area contributed by atoms with Crippen molar-refractivity contribution in [3.8, 4) is 0 Å². The molecule has 0 spiro atoms. The van der Waals surface area contributed by atoms with E-state index in [4.69, 9.17) is 0 Å². The molecule has 0 amide bonds. The van der Waals surface area contributed by atoms with Crippen molar-refractivity contribution in [2.24, 2.45) is 5.92 Å². The largest absolute Gasteiger partial charge is 0.313 e. The van der Waals surface area contributed by atoms with Crippen molar-refractivity contribution in [1.82, 2.24) is 10.2 Å². The third-order valence-electron chi connectivity index (χ3n) is 4.13. The predicted molar refractivity (Wildman–Crippen MR) is 81.0 cm³/mol. The van der Waals surface area contributed by atoms with Gasteiger partial charge in [-0.3, -0.25) is 4.90 Å². The molecule has 0 aromatic rings. The average Bonchev–Trinajstić information content (AvgIpc) is 2.47. The van der Waals surface area contributed by atoms with E-state index in [1.165, 1.54) is 58.2 Å². The van der Waals surface area contributed by atoms with Crippen LogP contribution in [0.3, 0.4) is 0 Å². The van der Waals surface area contributed by atoms with Gasteiger partial charge in [-0.15, -0.1) is 0 Å². The highest BCUT2D eigenvalue weighted by Crippen LogP contribution is 2.15. The van der Waals surface area contributed by atoms with E-state index in [1.807, 2.05) is 0 Å². The normalized spacial score (nSPS) is 26.5. The number of hydrogen-bond donors (Lipinski definition) is 1. The second-order valence-electron chi connectivity index (χ2n) is 6.47. The molecule has 1 N–H and O–H groups in total. The number of rotatable bonds is 7. The van der Waals surface area contributed by atoms with Crippen LogP contribution in [-0.2, 0) is 0 Å². The second-order valence-corrected chi connectivity index (χ2v) is 6.47. The van der Waals surface area contributed by atoms with Gasteiger partial charge in [-0.05, 0) is 45.2 Å². The Kier molecular flexibility index (Phi) is 7.92. The molecule has 2 atom stereocenters. The Morgan fingerprint density at radius 3 is 2.67 bits per heavy atom. The standard InChI is InChI=1S/C16H34N2/c1-5-6-7-8-11-18-13-16(12-14(2)3)17-10-9-15(18)4/h14-17H,5-13H2,1-4H3. The van der Waals surface area contributed by atoms with Gasteiger partial charge >= 0.3 is 0 Å². The molecule has 1 heterocycles. The molecular weight excluding hydrogens is 220 g/mol. The number of hydrogen-bond acceptors (Lipinski definition) is 2. The molecule has 1 aliphatic rings. The maximum absolute atomic E-state index is 3.73. The van der Waals surface area contributed by atoms with Crippen molar-refractivity contribution in [3.63, 3.8) is 0 Å². The van der Waals surface area contributed by atoms with Gasteiger partial charge in [-0.2, -0.15) is 0 Å². The van der Waals surface area contributed by atoms with Gasteiger partial charge in [0.1, 0.15) is 0 Å². The van der Waals surface area contributed by atoms with Gasteiger partial charge in [-0.25, -0.2) is 0 Å². The Morgan fingerprint density at radius 2 is 2.00 bits per heavy atom. The van der Waals surface area contributed by atoms with Crippen LogP contribution in [0.1, 0.15) is 66.2 Å². The fraction of sp³-hybridized carbons (Fsp3) is 1.00. The van der Waals surface area contributed by atoms with Crippen molar-refractivity contribution in [3.05, 3.63) is 0 Å². The van der Waals surface area contributed by atoms with Gasteiger partial charge in [-0.1, -0.05) is 40.0 Å². The molecule has 1 fully saturated rings. The van der Waals surface area contributed by atoms with Crippen LogP contribution in [0.4, 0.5) is 0 Å². The molecule has 0 radical (unpaired) electrons. The van der Waals surface area contributed by atoms with Crippen LogP contribution >= 0.6 is 0 Å². The minimum Gasteiger partial charge on any atom is -0.313 e. The lowest BCUT2D eigenvalue weighted by Crippen LogP contribution is -2.41. The smallest absolute Gasteiger partial charge is 0.0197 e. The van der Waals surface area contributed by atoms with Crippen LogP contribution in [0.2, 0.25) is 0 Å². The van der Waals surface area contributed by atoms with Crippen LogP contribution in [0.15, 0.2) is 0 Å². The molecule has 1 rings (SSSR count). The van der Waals surface area contributed by atoms with Crippen LogP contribution in [0, 0.1) is 5.92 Å². The summed E-state index contributed by atoms with van der Waals surface area (Å²) in [5.74, 6) is 0.804. The Labute approximate surface area is 115 Å². The Morgan fingerprint density at radius 1 is 1.22 bits per heavy atom. The summed E-state index contributed by atoms with van der Waals surface area (Å²) < 4.78 is 0. The van der Waals surface area contributed by atoms with Crippen LogP contribution < -0.4 is 5.32 Å². The summed E-state index contributed by atoms with van der Waals surface area (Å²) in [5, 5.41) is 3.73. The van der Waals surface area contributed by atoms with Gasteiger partial charge in [0.2, 0.25) is 0 Å². The summed E-state index contributed by atoms with van der Waals surface area (Å²) in [5.41, 5.74) is 0. The highest BCUT2D eigenvalue weighted by molar-refractivity contribution is 4.81. The maximum atomic E-state index is 3.73. The van der Waals surface area contributed by atoms with E-state index in [0.717, 1.165) is 12.0 Å². The van der Waals surface area contributed by atoms with E-state index in [-0.39, 0.29) is 0 Å². The Bertz CT molecular complexity index is 203. The summed E-state index contributed by atoms with van der Waals surface area (Å²) in [6.45, 7) is 13.1. The van der Waals surface area contributed by atoms with Gasteiger partial charge < -0.3 is 5.32 Å². The molecule has 1 aliphatic heterocycles. The lowest BCUT2D eigenvalue weighted by Gasteiger charge is -2.29. The SMILES string of the molecule is CCCCCCN1CC(CC(C)C)NCCC1C. The summed E-state index contributed by atoms with van der Waals surface area (Å²) in [7, 11) is 0. The van der Waals surface area contributed by atoms with Crippen LogP contribution in [-0.4, -0.2) is 36.6 Å². The first kappa shape index (κ1) is 16.0. The lowest BCUT2D eigenvalue weighted by molar-refractivity contribution is 0.194. The van der Waals surface area contributed by atoms with Crippen molar-refractivity contribution < 1.29 is 0 Å². The van der Waals surface area contributed by atoms with Gasteiger partial charge in [0.05, 0.1) is 0 Å². The number of nitrogens with zero attached hydrogens (tertiary/aromatic N) is 1. The zero-order chi connectivity index (χ0) is 13.4. The molecule has 2 unspecified atom stereocenters. The second kappa shape index (κ2) is 8.92. The lowest BCUT2D eigenvalue weighted by atomic mass is 10.0. The van der Waals surface area contributed by atoms with Crippen molar-refractivity contribution in [1.29, 1.82) is 0 Å². The quantitative estimate of drug-likeness (QED) is 0.697. The fourth-order valence-electron chi connectivity index (χ4n) is 2.99. The first-order chi connectivity index (χ1) is 8.63. The zero-order valence-corrected chi connectivity index (χ0v) is 13.0. The average molecular weight is 254 g/mol. The van der Waals surface area contributed by atoms with Crippen molar-refractivity contribution >= 4 is 0 Å². The van der Waals surface area contributed by atoms with E-state index in [1.54, 1.807) is 0 Å². The molecule has 0 bridgehead atoms. The zero-order valence-electron chi connectivity index (χ0n) is 13.0. The molecule has 18 heavy (non-hydrogen) atoms. The summed E-state index contributed by atoms with van der Waals surface area (Å²) >= 11 is 0. The minimum absolute atomic E-state index is 0.709. The first-order valence-electron chi connectivity index (χ1n) is 8.11. The third kappa shape index (κ3) is 6.19. The molecule has 0 aromatic carbocycles. The maximum Gasteiger partial charge on any atom is 0.0197 e. The molecule has 0 aromatic heterocycles. The van der Waals surface area contributed by atoms with Crippen LogP contribution in [0.25, 0.3) is 0 Å². The van der Waals surface area contributed by atoms with E-state index < -0.39 is 0 Å². The molecule has 108 valence electrons. The highest BCUT2D eigenvalue weighted by atomic mass is 15.2. The van der Waals surface area contributed by atoms with Crippen molar-refractivity contribution in [2.45, 2.75) is 78.3 Å². The Hall–Kier alpha value is -0.0800. The monoisotopic (exact) mass is 254 g/mol. The Balaban J connectivity index is 2.36. The summed E-state index contributed by atoms with van der Waals surface area (Å²) in [6.07, 6.45) is 8.15. The van der Waals surface area contributed by atoms with Crippen molar-refractivity contribution in [2.75, 3.05) is 19.6 Å². The van der Waals surface area contributed by atoms with E-state index >= 15 is 0 Å². The molecule has 2 heteroatoms. The van der Waals surface area contributed by atoms with E-state index in [9.17, 15) is 0 Å². The van der Waals surface area contributed by atoms with Gasteiger partial charge in [0.25, 0.3) is 0 Å². The van der Waals surface area contributed by atoms with E-state index in [2.05, 4.69) is 37.9 Å². The summed E-state index contributed by atoms with van der Waals surface area (Å²) in [6, 6.07) is 1.47. The molecule has 0 aliphatic carbocycles. The molecule has 2 nitrogen and oxygen atoms in total. The molecule has 1 saturated heterocycles. The number of unbranched alkanes of at least 4 members (excludes halogenated alkanes) is 3.